The molecule has 0 saturated heterocycles. The zero-order valence-corrected chi connectivity index (χ0v) is 18.4. The second-order valence-corrected chi connectivity index (χ2v) is 8.67. The van der Waals surface area contributed by atoms with Crippen molar-refractivity contribution in [2.75, 3.05) is 6.61 Å². The third-order valence-electron chi connectivity index (χ3n) is 4.87. The zero-order valence-electron chi connectivity index (χ0n) is 17.6. The van der Waals surface area contributed by atoms with E-state index in [1.165, 1.54) is 12.1 Å². The molecule has 0 aliphatic heterocycles. The van der Waals surface area contributed by atoms with Crippen molar-refractivity contribution < 1.29 is 32.2 Å². The molecule has 0 aliphatic carbocycles. The molecule has 9 nitrogen and oxygen atoms in total. The predicted molar refractivity (Wildman–Crippen MR) is 119 cm³/mol. The van der Waals surface area contributed by atoms with Crippen LogP contribution in [0.5, 0.6) is 11.5 Å². The number of benzene rings is 3. The third kappa shape index (κ3) is 6.07. The number of aliphatic carboxylic acids is 1. The Bertz CT molecular complexity index is 1240. The van der Waals surface area contributed by atoms with Crippen LogP contribution in [0.1, 0.15) is 24.0 Å². The van der Waals surface area contributed by atoms with E-state index in [0.717, 1.165) is 29.8 Å². The van der Waals surface area contributed by atoms with Gasteiger partial charge in [0.1, 0.15) is 16.4 Å². The van der Waals surface area contributed by atoms with Gasteiger partial charge >= 0.3 is 16.1 Å². The van der Waals surface area contributed by atoms with E-state index in [0.29, 0.717) is 24.3 Å². The monoisotopic (exact) mass is 471 g/mol. The maximum atomic E-state index is 12.4. The standard InChI is InChI=1S/C23H21NO8S/c1-16(23(25)26)21-4-2-3-5-22(21)31-15-14-17-6-10-19(11-7-17)32-33(29,30)20-12-8-18(9-13-20)24(27)28/h2-13,16H,14-15H2,1H3,(H,25,26). The number of nitro groups is 1. The van der Waals surface area contributed by atoms with Gasteiger partial charge in [0.15, 0.2) is 0 Å². The highest BCUT2D eigenvalue weighted by molar-refractivity contribution is 7.87. The first kappa shape index (κ1) is 23.7. The molecule has 0 saturated carbocycles. The summed E-state index contributed by atoms with van der Waals surface area (Å²) in [6.45, 7) is 1.89. The molecular formula is C23H21NO8S. The Morgan fingerprint density at radius 1 is 1.03 bits per heavy atom. The Balaban J connectivity index is 1.60. The molecule has 3 aromatic rings. The van der Waals surface area contributed by atoms with Crippen molar-refractivity contribution in [2.45, 2.75) is 24.2 Å². The molecule has 0 aliphatic rings. The van der Waals surface area contributed by atoms with Crippen LogP contribution in [0.2, 0.25) is 0 Å². The van der Waals surface area contributed by atoms with Gasteiger partial charge in [0, 0.05) is 24.1 Å². The molecule has 0 aromatic heterocycles. The zero-order chi connectivity index (χ0) is 24.0. The predicted octanol–water partition coefficient (Wildman–Crippen LogP) is 4.17. The quantitative estimate of drug-likeness (QED) is 0.265. The van der Waals surface area contributed by atoms with Crippen LogP contribution < -0.4 is 8.92 Å². The molecule has 0 amide bonds. The van der Waals surface area contributed by atoms with E-state index in [2.05, 4.69) is 0 Å². The van der Waals surface area contributed by atoms with Crippen LogP contribution in [-0.2, 0) is 21.3 Å². The normalized spacial score (nSPS) is 12.0. The van der Waals surface area contributed by atoms with Crippen molar-refractivity contribution in [2.24, 2.45) is 0 Å². The van der Waals surface area contributed by atoms with Gasteiger partial charge in [0.2, 0.25) is 0 Å². The highest BCUT2D eigenvalue weighted by atomic mass is 32.2. The maximum Gasteiger partial charge on any atom is 0.339 e. The molecule has 0 fully saturated rings. The lowest BCUT2D eigenvalue weighted by Crippen LogP contribution is -2.11. The third-order valence-corrected chi connectivity index (χ3v) is 6.13. The second kappa shape index (κ2) is 10.1. The number of hydrogen-bond donors (Lipinski definition) is 1. The van der Waals surface area contributed by atoms with Gasteiger partial charge in [-0.05, 0) is 42.8 Å². The van der Waals surface area contributed by atoms with Crippen molar-refractivity contribution in [3.05, 3.63) is 94.0 Å². The van der Waals surface area contributed by atoms with Crippen LogP contribution in [0.4, 0.5) is 5.69 Å². The molecule has 0 spiro atoms. The summed E-state index contributed by atoms with van der Waals surface area (Å²) in [4.78, 5) is 21.2. The number of nitro benzene ring substituents is 1. The highest BCUT2D eigenvalue weighted by Crippen LogP contribution is 2.27. The minimum absolute atomic E-state index is 0.0960. The maximum absolute atomic E-state index is 12.4. The Morgan fingerprint density at radius 3 is 2.27 bits per heavy atom. The largest absolute Gasteiger partial charge is 0.493 e. The summed E-state index contributed by atoms with van der Waals surface area (Å²) in [5.41, 5.74) is 1.23. The molecule has 33 heavy (non-hydrogen) atoms. The summed E-state index contributed by atoms with van der Waals surface area (Å²) in [5, 5.41) is 19.9. The molecule has 1 atom stereocenters. The summed E-state index contributed by atoms with van der Waals surface area (Å²) in [6.07, 6.45) is 0.505. The average Bonchev–Trinajstić information content (AvgIpc) is 2.80. The van der Waals surface area contributed by atoms with Crippen LogP contribution >= 0.6 is 0 Å². The van der Waals surface area contributed by atoms with Gasteiger partial charge < -0.3 is 14.0 Å². The summed E-state index contributed by atoms with van der Waals surface area (Å²) in [5.74, 6) is -1.04. The van der Waals surface area contributed by atoms with Gasteiger partial charge in [-0.25, -0.2) is 0 Å². The fourth-order valence-corrected chi connectivity index (χ4v) is 3.93. The van der Waals surface area contributed by atoms with E-state index in [1.54, 1.807) is 43.3 Å². The first-order chi connectivity index (χ1) is 15.7. The molecule has 10 heteroatoms. The van der Waals surface area contributed by atoms with Crippen LogP contribution in [0.15, 0.2) is 77.7 Å². The van der Waals surface area contributed by atoms with E-state index in [1.807, 2.05) is 0 Å². The van der Waals surface area contributed by atoms with Crippen LogP contribution in [0.3, 0.4) is 0 Å². The summed E-state index contributed by atoms with van der Waals surface area (Å²) in [6, 6.07) is 17.7. The van der Waals surface area contributed by atoms with Gasteiger partial charge in [0.05, 0.1) is 17.4 Å². The van der Waals surface area contributed by atoms with Gasteiger partial charge in [-0.1, -0.05) is 30.3 Å². The SMILES string of the molecule is CC(C(=O)O)c1ccccc1OCCc1ccc(OS(=O)(=O)c2ccc([N+](=O)[O-])cc2)cc1. The molecule has 0 bridgehead atoms. The second-order valence-electron chi connectivity index (χ2n) is 7.13. The molecule has 3 rings (SSSR count). The van der Waals surface area contributed by atoms with Crippen molar-refractivity contribution >= 4 is 21.8 Å². The molecule has 1 N–H and O–H groups in total. The van der Waals surface area contributed by atoms with E-state index >= 15 is 0 Å². The van der Waals surface area contributed by atoms with Crippen molar-refractivity contribution in [1.82, 2.24) is 0 Å². The smallest absolute Gasteiger partial charge is 0.339 e. The minimum Gasteiger partial charge on any atom is -0.493 e. The molecule has 172 valence electrons. The first-order valence-corrected chi connectivity index (χ1v) is 11.3. The van der Waals surface area contributed by atoms with Crippen molar-refractivity contribution in [1.29, 1.82) is 0 Å². The highest BCUT2D eigenvalue weighted by Gasteiger charge is 2.19. The first-order valence-electron chi connectivity index (χ1n) is 9.90. The number of nitrogens with zero attached hydrogens (tertiary/aromatic N) is 1. The van der Waals surface area contributed by atoms with Crippen molar-refractivity contribution in [3.63, 3.8) is 0 Å². The van der Waals surface area contributed by atoms with Gasteiger partial charge in [-0.3, -0.25) is 14.9 Å². The number of carbonyl (C=O) groups is 1. The number of non-ortho nitro benzene ring substituents is 1. The fraction of sp³-hybridized carbons (Fsp3) is 0.174. The van der Waals surface area contributed by atoms with E-state index in [9.17, 15) is 28.4 Å². The Kier molecular flexibility index (Phi) is 7.29. The van der Waals surface area contributed by atoms with Crippen molar-refractivity contribution in [3.8, 4) is 11.5 Å². The van der Waals surface area contributed by atoms with E-state index in [4.69, 9.17) is 8.92 Å². The molecule has 0 radical (unpaired) electrons. The number of hydrogen-bond acceptors (Lipinski definition) is 7. The lowest BCUT2D eigenvalue weighted by molar-refractivity contribution is -0.384. The summed E-state index contributed by atoms with van der Waals surface area (Å²) >= 11 is 0. The Hall–Kier alpha value is -3.92. The van der Waals surface area contributed by atoms with E-state index in [-0.39, 0.29) is 16.3 Å². The van der Waals surface area contributed by atoms with Crippen LogP contribution in [-0.4, -0.2) is 31.0 Å². The van der Waals surface area contributed by atoms with Crippen LogP contribution in [0.25, 0.3) is 0 Å². The number of carboxylic acids is 1. The minimum atomic E-state index is -4.14. The number of carboxylic acid groups (broad SMARTS) is 1. The summed E-state index contributed by atoms with van der Waals surface area (Å²) < 4.78 is 35.6. The number of ether oxygens (including phenoxy) is 1. The molecule has 3 aromatic carbocycles. The molecular weight excluding hydrogens is 450 g/mol. The lowest BCUT2D eigenvalue weighted by Gasteiger charge is -2.14. The van der Waals surface area contributed by atoms with Gasteiger partial charge in [-0.15, -0.1) is 0 Å². The van der Waals surface area contributed by atoms with E-state index < -0.39 is 26.9 Å². The Morgan fingerprint density at radius 2 is 1.67 bits per heavy atom. The summed E-state index contributed by atoms with van der Waals surface area (Å²) in [7, 11) is -4.14. The lowest BCUT2D eigenvalue weighted by atomic mass is 10.0. The molecule has 0 heterocycles. The van der Waals surface area contributed by atoms with Gasteiger partial charge in [-0.2, -0.15) is 8.42 Å². The Labute approximate surface area is 190 Å². The topological polar surface area (TPSA) is 133 Å². The average molecular weight is 471 g/mol. The van der Waals surface area contributed by atoms with Gasteiger partial charge in [0.25, 0.3) is 5.69 Å². The fourth-order valence-electron chi connectivity index (χ4n) is 3.00. The molecule has 1 unspecified atom stereocenters. The van der Waals surface area contributed by atoms with Crippen LogP contribution in [0, 0.1) is 10.1 Å². The number of para-hydroxylation sites is 1. The number of rotatable bonds is 10.